The molecule has 3 nitrogen and oxygen atoms in total. The number of rotatable bonds is 8. The average molecular weight is 230 g/mol. The van der Waals surface area contributed by atoms with Gasteiger partial charge in [-0.2, -0.15) is 0 Å². The molecule has 0 aliphatic rings. The van der Waals surface area contributed by atoms with Gasteiger partial charge < -0.3 is 4.81 Å². The highest BCUT2D eigenvalue weighted by Crippen LogP contribution is 1.97. The molecule has 4 heteroatoms. The lowest BCUT2D eigenvalue weighted by molar-refractivity contribution is 0.733. The molecule has 0 heterocycles. The Balaban J connectivity index is 4.29. The fourth-order valence-electron chi connectivity index (χ4n) is 1.10. The number of aliphatic imine (C=N–C) groups is 2. The lowest BCUT2D eigenvalue weighted by atomic mass is 9.96. The molecule has 17 heavy (non-hydrogen) atoms. The molecule has 0 fully saturated rings. The monoisotopic (exact) mass is 230 g/mol. The highest BCUT2D eigenvalue weighted by molar-refractivity contribution is 6.33. The molecule has 0 aromatic rings. The van der Waals surface area contributed by atoms with E-state index in [-0.39, 0.29) is 0 Å². The van der Waals surface area contributed by atoms with E-state index in [0.29, 0.717) is 6.54 Å². The standard InChI is InChI=1S/C13H21BN3/c1-6-7-8-13(3)16-11-17(14-4)10-12(2)9-15-5/h7-9,11H,2-3,6,10H2,1,4-5H3/b8-7-,15-9?,16-11?. The third-order valence-corrected chi connectivity index (χ3v) is 1.95. The van der Waals surface area contributed by atoms with E-state index in [2.05, 4.69) is 30.1 Å². The first-order valence-electron chi connectivity index (χ1n) is 5.68. The zero-order chi connectivity index (χ0) is 13.1. The molecule has 0 unspecified atom stereocenters. The molecule has 0 aromatic carbocycles. The maximum atomic E-state index is 4.25. The van der Waals surface area contributed by atoms with Crippen molar-refractivity contribution in [3.8, 4) is 0 Å². The summed E-state index contributed by atoms with van der Waals surface area (Å²) < 4.78 is 0. The number of hydrogen-bond acceptors (Lipinski definition) is 2. The van der Waals surface area contributed by atoms with Crippen LogP contribution in [0.2, 0.25) is 6.82 Å². The van der Waals surface area contributed by atoms with Crippen molar-refractivity contribution in [3.05, 3.63) is 36.6 Å². The summed E-state index contributed by atoms with van der Waals surface area (Å²) in [4.78, 5) is 10.1. The second-order valence-corrected chi connectivity index (χ2v) is 3.52. The first-order chi connectivity index (χ1) is 8.13. The van der Waals surface area contributed by atoms with E-state index in [1.165, 1.54) is 0 Å². The Morgan fingerprint density at radius 2 is 2.12 bits per heavy atom. The minimum atomic E-state index is 0.683. The fraction of sp³-hybridized carbons (Fsp3) is 0.385. The van der Waals surface area contributed by atoms with Gasteiger partial charge in [-0.25, -0.2) is 4.99 Å². The van der Waals surface area contributed by atoms with Gasteiger partial charge in [0.1, 0.15) is 0 Å². The van der Waals surface area contributed by atoms with Crippen LogP contribution in [0.15, 0.2) is 46.6 Å². The molecular formula is C13H21BN3. The molecule has 0 saturated heterocycles. The third-order valence-electron chi connectivity index (χ3n) is 1.95. The molecule has 0 rings (SSSR count). The Labute approximate surface area is 106 Å². The van der Waals surface area contributed by atoms with Crippen LogP contribution >= 0.6 is 0 Å². The summed E-state index contributed by atoms with van der Waals surface area (Å²) in [5.41, 5.74) is 1.68. The molecule has 0 aliphatic carbocycles. The van der Waals surface area contributed by atoms with Crippen molar-refractivity contribution >= 4 is 20.0 Å². The predicted octanol–water partition coefficient (Wildman–Crippen LogP) is 2.72. The van der Waals surface area contributed by atoms with Crippen LogP contribution in [0.5, 0.6) is 0 Å². The number of hydrogen-bond donors (Lipinski definition) is 0. The van der Waals surface area contributed by atoms with Crippen LogP contribution in [0.3, 0.4) is 0 Å². The predicted molar refractivity (Wildman–Crippen MR) is 78.9 cm³/mol. The van der Waals surface area contributed by atoms with E-state index in [4.69, 9.17) is 0 Å². The van der Waals surface area contributed by atoms with Crippen molar-refractivity contribution in [2.75, 3.05) is 13.6 Å². The van der Waals surface area contributed by atoms with Crippen LogP contribution < -0.4 is 0 Å². The third kappa shape index (κ3) is 8.25. The Hall–Kier alpha value is -1.58. The van der Waals surface area contributed by atoms with Crippen molar-refractivity contribution in [2.24, 2.45) is 9.98 Å². The Morgan fingerprint density at radius 1 is 1.41 bits per heavy atom. The maximum Gasteiger partial charge on any atom is 0.244 e. The first-order valence-corrected chi connectivity index (χ1v) is 5.68. The van der Waals surface area contributed by atoms with Gasteiger partial charge in [0.05, 0.1) is 12.0 Å². The van der Waals surface area contributed by atoms with E-state index in [1.54, 1.807) is 19.6 Å². The molecule has 0 N–H and O–H groups in total. The summed E-state index contributed by atoms with van der Waals surface area (Å²) in [6.45, 7) is 12.5. The molecule has 0 bridgehead atoms. The Bertz CT molecular complexity index is 330. The van der Waals surface area contributed by atoms with Crippen molar-refractivity contribution in [2.45, 2.75) is 20.2 Å². The molecule has 1 radical (unpaired) electrons. The summed E-state index contributed by atoms with van der Waals surface area (Å²) in [5.74, 6) is 0. The van der Waals surface area contributed by atoms with Gasteiger partial charge in [0.15, 0.2) is 0 Å². The largest absolute Gasteiger partial charge is 0.407 e. The Morgan fingerprint density at radius 3 is 2.65 bits per heavy atom. The SMILES string of the molecule is C=C(C=NC)CN([B]C)C=NC(=C)/C=C\CC. The summed E-state index contributed by atoms with van der Waals surface area (Å²) in [5, 5.41) is 0. The van der Waals surface area contributed by atoms with E-state index < -0.39 is 0 Å². The first kappa shape index (κ1) is 15.4. The fourth-order valence-corrected chi connectivity index (χ4v) is 1.10. The molecule has 91 valence electrons. The van der Waals surface area contributed by atoms with Crippen LogP contribution in [-0.2, 0) is 0 Å². The smallest absolute Gasteiger partial charge is 0.244 e. The van der Waals surface area contributed by atoms with Crippen LogP contribution in [0.25, 0.3) is 0 Å². The van der Waals surface area contributed by atoms with Crippen molar-refractivity contribution in [3.63, 3.8) is 0 Å². The molecular weight excluding hydrogens is 209 g/mol. The highest BCUT2D eigenvalue weighted by atomic mass is 15.1. The van der Waals surface area contributed by atoms with Crippen LogP contribution in [0, 0.1) is 0 Å². The van der Waals surface area contributed by atoms with Gasteiger partial charge in [-0.15, -0.1) is 0 Å². The minimum absolute atomic E-state index is 0.683. The molecule has 0 aromatic heterocycles. The lowest BCUT2D eigenvalue weighted by Gasteiger charge is -2.16. The van der Waals surface area contributed by atoms with Gasteiger partial charge in [0.25, 0.3) is 0 Å². The lowest BCUT2D eigenvalue weighted by Crippen LogP contribution is -2.26. The average Bonchev–Trinajstić information content (AvgIpc) is 2.32. The zero-order valence-electron chi connectivity index (χ0n) is 11.1. The summed E-state index contributed by atoms with van der Waals surface area (Å²) in [6.07, 6.45) is 8.42. The molecule has 0 atom stereocenters. The number of nitrogens with zero attached hydrogens (tertiary/aromatic N) is 3. The second-order valence-electron chi connectivity index (χ2n) is 3.52. The summed E-state index contributed by atoms with van der Waals surface area (Å²) in [7, 11) is 3.67. The van der Waals surface area contributed by atoms with Gasteiger partial charge in [0.2, 0.25) is 7.41 Å². The molecule has 0 saturated carbocycles. The van der Waals surface area contributed by atoms with E-state index in [0.717, 1.165) is 17.7 Å². The van der Waals surface area contributed by atoms with Crippen molar-refractivity contribution in [1.29, 1.82) is 0 Å². The summed E-state index contributed by atoms with van der Waals surface area (Å²) >= 11 is 0. The van der Waals surface area contributed by atoms with Gasteiger partial charge in [-0.05, 0) is 18.1 Å². The van der Waals surface area contributed by atoms with E-state index in [9.17, 15) is 0 Å². The Kier molecular flexibility index (Phi) is 8.74. The van der Waals surface area contributed by atoms with E-state index in [1.807, 2.05) is 31.2 Å². The topological polar surface area (TPSA) is 28.0 Å². The van der Waals surface area contributed by atoms with Crippen LogP contribution in [0.4, 0.5) is 0 Å². The normalized spacial score (nSPS) is 11.5. The van der Waals surface area contributed by atoms with Gasteiger partial charge >= 0.3 is 0 Å². The van der Waals surface area contributed by atoms with Gasteiger partial charge in [0, 0.05) is 19.8 Å². The minimum Gasteiger partial charge on any atom is -0.407 e. The van der Waals surface area contributed by atoms with Gasteiger partial charge in [-0.1, -0.05) is 33.0 Å². The van der Waals surface area contributed by atoms with Crippen LogP contribution in [-0.4, -0.2) is 38.4 Å². The van der Waals surface area contributed by atoms with E-state index >= 15 is 0 Å². The number of allylic oxidation sites excluding steroid dienone is 2. The molecule has 0 amide bonds. The maximum absolute atomic E-state index is 4.25. The zero-order valence-corrected chi connectivity index (χ0v) is 11.1. The second kappa shape index (κ2) is 9.64. The highest BCUT2D eigenvalue weighted by Gasteiger charge is 1.99. The quantitative estimate of drug-likeness (QED) is 0.272. The molecule has 0 spiro atoms. The molecule has 0 aliphatic heterocycles. The van der Waals surface area contributed by atoms with Crippen molar-refractivity contribution in [1.82, 2.24) is 4.81 Å². The summed E-state index contributed by atoms with van der Waals surface area (Å²) in [6, 6.07) is 0. The van der Waals surface area contributed by atoms with Gasteiger partial charge in [-0.3, -0.25) is 4.99 Å². The van der Waals surface area contributed by atoms with Crippen LogP contribution in [0.1, 0.15) is 13.3 Å². The van der Waals surface area contributed by atoms with Crippen molar-refractivity contribution < 1.29 is 0 Å².